The van der Waals surface area contributed by atoms with E-state index in [1.165, 1.54) is 22.9 Å². The molecule has 0 radical (unpaired) electrons. The van der Waals surface area contributed by atoms with Gasteiger partial charge in [-0.15, -0.1) is 0 Å². The molecule has 6 rings (SSSR count). The number of amides is 2. The molecule has 58 heavy (non-hydrogen) atoms. The Bertz CT molecular complexity index is 2190. The lowest BCUT2D eigenvalue weighted by molar-refractivity contribution is -0.120. The third-order valence-electron chi connectivity index (χ3n) is 10.7. The van der Waals surface area contributed by atoms with Gasteiger partial charge in [-0.3, -0.25) is 24.1 Å². The molecule has 0 saturated carbocycles. The number of piperidine rings is 2. The molecule has 2 aromatic carbocycles. The Labute approximate surface area is 339 Å². The molecular formula is C41H48F2N10O4S. The van der Waals surface area contributed by atoms with E-state index in [1.54, 1.807) is 29.9 Å². The fourth-order valence-corrected chi connectivity index (χ4v) is 8.73. The van der Waals surface area contributed by atoms with Gasteiger partial charge in [0.2, 0.25) is 18.3 Å². The van der Waals surface area contributed by atoms with Crippen LogP contribution in [0.2, 0.25) is 0 Å². The maximum absolute atomic E-state index is 13.7. The second kappa shape index (κ2) is 19.8. The van der Waals surface area contributed by atoms with Crippen molar-refractivity contribution in [2.24, 2.45) is 7.05 Å². The van der Waals surface area contributed by atoms with Crippen molar-refractivity contribution >= 4 is 46.0 Å². The minimum absolute atomic E-state index is 0.00131. The van der Waals surface area contributed by atoms with Gasteiger partial charge in [-0.1, -0.05) is 31.3 Å². The van der Waals surface area contributed by atoms with Gasteiger partial charge in [0, 0.05) is 57.1 Å². The fraction of sp³-hybridized carbons (Fsp3) is 0.463. The Hall–Kier alpha value is -5.49. The summed E-state index contributed by atoms with van der Waals surface area (Å²) in [5, 5.41) is 21.2. The number of carbonyl (C=O) groups excluding carboxylic acids is 2. The summed E-state index contributed by atoms with van der Waals surface area (Å²) in [5.41, 5.74) is 3.14. The first-order valence-corrected chi connectivity index (χ1v) is 20.6. The molecule has 2 N–H and O–H groups in total. The molecule has 0 spiro atoms. The summed E-state index contributed by atoms with van der Waals surface area (Å²) in [6.07, 6.45) is 8.35. The number of ether oxygens (including phenoxy) is 1. The summed E-state index contributed by atoms with van der Waals surface area (Å²) >= 11 is 0. The van der Waals surface area contributed by atoms with E-state index >= 15 is 0 Å². The van der Waals surface area contributed by atoms with Gasteiger partial charge in [-0.05, 0) is 87.0 Å². The van der Waals surface area contributed by atoms with Crippen molar-refractivity contribution in [3.63, 3.8) is 0 Å². The van der Waals surface area contributed by atoms with Crippen LogP contribution in [-0.4, -0.2) is 104 Å². The van der Waals surface area contributed by atoms with Gasteiger partial charge in [0.05, 0.1) is 34.4 Å². The Balaban J connectivity index is 1.07. The number of aromatic nitrogens is 4. The number of rotatable bonds is 15. The highest BCUT2D eigenvalue weighted by atomic mass is 32.2. The summed E-state index contributed by atoms with van der Waals surface area (Å²) < 4.78 is 46.6. The highest BCUT2D eigenvalue weighted by molar-refractivity contribution is 7.82. The molecule has 2 amide bonds. The SMILES string of the molecule is CCCC(C#Cc1cc(S(=O)N2CCC(Nc3ncc(OC(F)F)cn3)CC2)ccc1C#N)N1CCC(c2ccc3c(N(C=O)CCC(=O)NC)nn(C)c3c2)CC1. The normalized spacial score (nSPS) is 16.6. The number of alkyl halides is 2. The summed E-state index contributed by atoms with van der Waals surface area (Å²) in [6, 6.07) is 13.7. The summed E-state index contributed by atoms with van der Waals surface area (Å²) in [6.45, 7) is 2.24. The predicted octanol–water partition coefficient (Wildman–Crippen LogP) is 4.93. The van der Waals surface area contributed by atoms with E-state index in [0.29, 0.717) is 59.6 Å². The van der Waals surface area contributed by atoms with Gasteiger partial charge < -0.3 is 15.4 Å². The Kier molecular flexibility index (Phi) is 14.4. The number of anilines is 2. The molecule has 0 aliphatic carbocycles. The van der Waals surface area contributed by atoms with Crippen molar-refractivity contribution in [3.8, 4) is 23.7 Å². The van der Waals surface area contributed by atoms with Crippen LogP contribution in [0.3, 0.4) is 0 Å². The highest BCUT2D eigenvalue weighted by Crippen LogP contribution is 2.34. The van der Waals surface area contributed by atoms with Gasteiger partial charge in [-0.2, -0.15) is 19.1 Å². The van der Waals surface area contributed by atoms with Crippen molar-refractivity contribution in [2.75, 3.05) is 50.0 Å². The Morgan fingerprint density at radius 3 is 2.48 bits per heavy atom. The largest absolute Gasteiger partial charge is 0.432 e. The lowest BCUT2D eigenvalue weighted by Crippen LogP contribution is -2.40. The van der Waals surface area contributed by atoms with E-state index in [4.69, 9.17) is 0 Å². The number of carbonyl (C=O) groups is 2. The molecule has 14 nitrogen and oxygen atoms in total. The summed E-state index contributed by atoms with van der Waals surface area (Å²) in [7, 11) is 1.97. The number of hydrogen-bond acceptors (Lipinski definition) is 10. The molecule has 2 aliphatic heterocycles. The molecule has 4 heterocycles. The van der Waals surface area contributed by atoms with Crippen molar-refractivity contribution < 1.29 is 27.3 Å². The zero-order chi connectivity index (χ0) is 41.2. The minimum Gasteiger partial charge on any atom is -0.432 e. The molecule has 306 valence electrons. The van der Waals surface area contributed by atoms with Gasteiger partial charge in [-0.25, -0.2) is 18.5 Å². The van der Waals surface area contributed by atoms with Gasteiger partial charge in [0.15, 0.2) is 11.6 Å². The number of likely N-dealkylation sites (tertiary alicyclic amines) is 1. The van der Waals surface area contributed by atoms with Crippen LogP contribution >= 0.6 is 0 Å². The average molecular weight is 815 g/mol. The smallest absolute Gasteiger partial charge is 0.387 e. The zero-order valence-electron chi connectivity index (χ0n) is 32.9. The van der Waals surface area contributed by atoms with Crippen molar-refractivity contribution in [3.05, 3.63) is 65.5 Å². The molecule has 0 bridgehead atoms. The van der Waals surface area contributed by atoms with Crippen molar-refractivity contribution in [1.29, 1.82) is 5.26 Å². The zero-order valence-corrected chi connectivity index (χ0v) is 33.7. The number of halogens is 2. The van der Waals surface area contributed by atoms with E-state index in [-0.39, 0.29) is 36.7 Å². The van der Waals surface area contributed by atoms with Gasteiger partial charge in [0.25, 0.3) is 0 Å². The van der Waals surface area contributed by atoms with Crippen molar-refractivity contribution in [2.45, 2.75) is 81.4 Å². The molecule has 2 fully saturated rings. The van der Waals surface area contributed by atoms with E-state index < -0.39 is 17.6 Å². The molecule has 2 aromatic heterocycles. The molecule has 2 aliphatic rings. The average Bonchev–Trinajstić information content (AvgIpc) is 3.57. The predicted molar refractivity (Wildman–Crippen MR) is 216 cm³/mol. The van der Waals surface area contributed by atoms with Gasteiger partial charge in [0.1, 0.15) is 17.1 Å². The minimum atomic E-state index is -2.95. The first kappa shape index (κ1) is 42.1. The molecular weight excluding hydrogens is 767 g/mol. The fourth-order valence-electron chi connectivity index (χ4n) is 7.49. The number of nitrogens with one attached hydrogen (secondary N) is 2. The van der Waals surface area contributed by atoms with Gasteiger partial charge >= 0.3 is 6.61 Å². The van der Waals surface area contributed by atoms with E-state index in [2.05, 4.69) is 72.3 Å². The van der Waals surface area contributed by atoms with Crippen LogP contribution in [0.4, 0.5) is 20.5 Å². The first-order valence-electron chi connectivity index (χ1n) is 19.5. The van der Waals surface area contributed by atoms with Crippen LogP contribution in [0.1, 0.15) is 74.5 Å². The Morgan fingerprint density at radius 1 is 1.09 bits per heavy atom. The van der Waals surface area contributed by atoms with E-state index in [1.807, 2.05) is 17.4 Å². The van der Waals surface area contributed by atoms with E-state index in [9.17, 15) is 27.8 Å². The van der Waals surface area contributed by atoms with Crippen LogP contribution < -0.4 is 20.3 Å². The Morgan fingerprint density at radius 2 is 1.83 bits per heavy atom. The molecule has 17 heteroatoms. The maximum atomic E-state index is 13.7. The van der Waals surface area contributed by atoms with Crippen LogP contribution in [0, 0.1) is 23.2 Å². The van der Waals surface area contributed by atoms with Crippen LogP contribution in [0.5, 0.6) is 5.75 Å². The quantitative estimate of drug-likeness (QED) is 0.124. The number of benzene rings is 2. The molecule has 2 saturated heterocycles. The second-order valence-electron chi connectivity index (χ2n) is 14.4. The number of fused-ring (bicyclic) bond motifs is 1. The molecule has 4 aromatic rings. The highest BCUT2D eigenvalue weighted by Gasteiger charge is 2.27. The summed E-state index contributed by atoms with van der Waals surface area (Å²) in [5.74, 6) is 7.69. The van der Waals surface area contributed by atoms with E-state index in [0.717, 1.165) is 56.1 Å². The number of nitriles is 1. The number of aryl methyl sites for hydroxylation is 1. The van der Waals surface area contributed by atoms with Crippen LogP contribution in [0.15, 0.2) is 53.7 Å². The van der Waals surface area contributed by atoms with Crippen molar-refractivity contribution in [1.82, 2.24) is 34.3 Å². The monoisotopic (exact) mass is 814 g/mol. The topological polar surface area (TPSA) is 162 Å². The molecule has 2 atom stereocenters. The lowest BCUT2D eigenvalue weighted by Gasteiger charge is -2.35. The third kappa shape index (κ3) is 10.3. The molecule has 2 unspecified atom stereocenters. The second-order valence-corrected chi connectivity index (χ2v) is 15.9. The third-order valence-corrected chi connectivity index (χ3v) is 12.2. The standard InChI is InChI=1S/C41H48F2N10O4S/c1-4-5-33(51-17-12-28(13-18-51)30-8-11-36-37(23-30)50(3)49-39(36)52(27-54)19-16-38(55)45-2)9-6-29-22-35(10-7-31(29)24-44)58(56)53-20-14-32(15-21-53)48-41-46-25-34(26-47-41)57-40(42)43/h7-8,10-11,22-23,25-28,32-33,40H,4-5,12-21H2,1-3H3,(H,45,55)(H,46,47,48). The van der Waals surface area contributed by atoms with Crippen LogP contribution in [0.25, 0.3) is 10.9 Å². The first-order chi connectivity index (χ1) is 28.1. The summed E-state index contributed by atoms with van der Waals surface area (Å²) in [4.78, 5) is 36.3. The van der Waals surface area contributed by atoms with Crippen LogP contribution in [-0.2, 0) is 27.6 Å². The number of hydrogen-bond donors (Lipinski definition) is 2. The number of nitrogens with zero attached hydrogens (tertiary/aromatic N) is 8. The lowest BCUT2D eigenvalue weighted by atomic mass is 9.88. The maximum Gasteiger partial charge on any atom is 0.387 e.